The first kappa shape index (κ1) is 12.1. The highest BCUT2D eigenvalue weighted by molar-refractivity contribution is 6.76. The van der Waals surface area contributed by atoms with E-state index in [-0.39, 0.29) is 0 Å². The normalized spacial score (nSPS) is 11.7. The third-order valence-electron chi connectivity index (χ3n) is 2.08. The lowest BCUT2D eigenvalue weighted by molar-refractivity contribution is 0.0753. The minimum absolute atomic E-state index is 0.367. The van der Waals surface area contributed by atoms with Crippen molar-refractivity contribution >= 4 is 14.4 Å². The van der Waals surface area contributed by atoms with Gasteiger partial charge in [-0.2, -0.15) is 5.10 Å². The maximum atomic E-state index is 10.6. The van der Waals surface area contributed by atoms with E-state index in [4.69, 9.17) is 4.74 Å². The number of rotatable bonds is 6. The maximum Gasteiger partial charge on any atom is 0.168 e. The van der Waals surface area contributed by atoms with Gasteiger partial charge in [-0.3, -0.25) is 4.79 Å². The lowest BCUT2D eigenvalue weighted by atomic mass is 10.5. The first-order chi connectivity index (χ1) is 7.03. The number of ether oxygens (including phenoxy) is 1. The smallest absolute Gasteiger partial charge is 0.168 e. The standard InChI is InChI=1S/C10H18N2O2Si/c1-15(2,3)7-6-14-9-12-10(8-13)4-5-11-12/h4-5,8H,6-7,9H2,1-3H3. The van der Waals surface area contributed by atoms with Gasteiger partial charge in [-0.15, -0.1) is 0 Å². The molecule has 5 heteroatoms. The third kappa shape index (κ3) is 4.40. The molecule has 0 radical (unpaired) electrons. The van der Waals surface area contributed by atoms with Gasteiger partial charge in [-0.25, -0.2) is 4.68 Å². The zero-order valence-corrected chi connectivity index (χ0v) is 10.6. The molecule has 4 nitrogen and oxygen atoms in total. The zero-order valence-electron chi connectivity index (χ0n) is 9.56. The molecule has 1 aromatic rings. The summed E-state index contributed by atoms with van der Waals surface area (Å²) in [4.78, 5) is 10.6. The van der Waals surface area contributed by atoms with Gasteiger partial charge in [0.15, 0.2) is 6.29 Å². The van der Waals surface area contributed by atoms with Crippen LogP contribution in [-0.2, 0) is 11.5 Å². The van der Waals surface area contributed by atoms with Crippen LogP contribution in [0, 0.1) is 0 Å². The highest BCUT2D eigenvalue weighted by atomic mass is 28.3. The molecular weight excluding hydrogens is 208 g/mol. The molecule has 0 atom stereocenters. The van der Waals surface area contributed by atoms with Crippen LogP contribution >= 0.6 is 0 Å². The van der Waals surface area contributed by atoms with E-state index >= 15 is 0 Å². The molecule has 0 aliphatic heterocycles. The summed E-state index contributed by atoms with van der Waals surface area (Å²) in [6.45, 7) is 8.03. The van der Waals surface area contributed by atoms with Crippen molar-refractivity contribution in [2.75, 3.05) is 6.61 Å². The van der Waals surface area contributed by atoms with Crippen LogP contribution in [0.3, 0.4) is 0 Å². The molecule has 1 rings (SSSR count). The molecule has 15 heavy (non-hydrogen) atoms. The Hall–Kier alpha value is -0.943. The fourth-order valence-corrected chi connectivity index (χ4v) is 1.84. The molecule has 0 aliphatic carbocycles. The average Bonchev–Trinajstić information content (AvgIpc) is 2.58. The molecule has 0 saturated carbocycles. The van der Waals surface area contributed by atoms with E-state index in [9.17, 15) is 4.79 Å². The first-order valence-corrected chi connectivity index (χ1v) is 8.78. The van der Waals surface area contributed by atoms with Crippen molar-refractivity contribution in [2.24, 2.45) is 0 Å². The molecule has 0 N–H and O–H groups in total. The monoisotopic (exact) mass is 226 g/mol. The minimum atomic E-state index is -1.03. The van der Waals surface area contributed by atoms with E-state index in [1.165, 1.54) is 0 Å². The third-order valence-corrected chi connectivity index (χ3v) is 3.78. The summed E-state index contributed by atoms with van der Waals surface area (Å²) in [6, 6.07) is 2.81. The Kier molecular flexibility index (Phi) is 4.23. The Labute approximate surface area is 91.2 Å². The van der Waals surface area contributed by atoms with Crippen molar-refractivity contribution in [2.45, 2.75) is 32.4 Å². The lowest BCUT2D eigenvalue weighted by Gasteiger charge is -2.15. The molecule has 84 valence electrons. The molecule has 1 aromatic heterocycles. The van der Waals surface area contributed by atoms with Gasteiger partial charge in [0.2, 0.25) is 0 Å². The van der Waals surface area contributed by atoms with Gasteiger partial charge < -0.3 is 4.74 Å². The van der Waals surface area contributed by atoms with E-state index in [1.54, 1.807) is 16.9 Å². The number of hydrogen-bond acceptors (Lipinski definition) is 3. The van der Waals surface area contributed by atoms with Crippen LogP contribution in [-0.4, -0.2) is 30.7 Å². The number of carbonyl (C=O) groups is 1. The number of carbonyl (C=O) groups excluding carboxylic acids is 1. The molecule has 0 saturated heterocycles. The van der Waals surface area contributed by atoms with E-state index in [1.807, 2.05) is 0 Å². The predicted octanol–water partition coefficient (Wildman–Crippen LogP) is 2.01. The molecule has 0 aliphatic rings. The Morgan fingerprint density at radius 2 is 2.27 bits per heavy atom. The maximum absolute atomic E-state index is 10.6. The van der Waals surface area contributed by atoms with Crippen LogP contribution < -0.4 is 0 Å². The predicted molar refractivity (Wildman–Crippen MR) is 61.7 cm³/mol. The summed E-state index contributed by atoms with van der Waals surface area (Å²) < 4.78 is 7.04. The lowest BCUT2D eigenvalue weighted by Crippen LogP contribution is -2.22. The van der Waals surface area contributed by atoms with Crippen LogP contribution in [0.5, 0.6) is 0 Å². The molecular formula is C10H18N2O2Si. The molecule has 0 spiro atoms. The van der Waals surface area contributed by atoms with Crippen molar-refractivity contribution < 1.29 is 9.53 Å². The first-order valence-electron chi connectivity index (χ1n) is 5.08. The molecule has 0 bridgehead atoms. The van der Waals surface area contributed by atoms with Crippen molar-refractivity contribution in [1.82, 2.24) is 9.78 Å². The highest BCUT2D eigenvalue weighted by Gasteiger charge is 2.12. The van der Waals surface area contributed by atoms with Gasteiger partial charge in [0.05, 0.1) is 0 Å². The van der Waals surface area contributed by atoms with E-state index in [0.29, 0.717) is 12.4 Å². The second-order valence-electron chi connectivity index (χ2n) is 4.72. The van der Waals surface area contributed by atoms with Crippen LogP contribution in [0.15, 0.2) is 12.3 Å². The van der Waals surface area contributed by atoms with Crippen molar-refractivity contribution in [3.05, 3.63) is 18.0 Å². The fraction of sp³-hybridized carbons (Fsp3) is 0.600. The van der Waals surface area contributed by atoms with Crippen molar-refractivity contribution in [3.63, 3.8) is 0 Å². The highest BCUT2D eigenvalue weighted by Crippen LogP contribution is 2.07. The quantitative estimate of drug-likeness (QED) is 0.423. The van der Waals surface area contributed by atoms with Crippen LogP contribution in [0.25, 0.3) is 0 Å². The van der Waals surface area contributed by atoms with E-state index < -0.39 is 8.07 Å². The molecule has 0 aromatic carbocycles. The van der Waals surface area contributed by atoms with Crippen LogP contribution in [0.2, 0.25) is 25.7 Å². The Balaban J connectivity index is 2.29. The van der Waals surface area contributed by atoms with Crippen LogP contribution in [0.1, 0.15) is 10.5 Å². The van der Waals surface area contributed by atoms with E-state index in [0.717, 1.165) is 18.9 Å². The summed E-state index contributed by atoms with van der Waals surface area (Å²) in [6.07, 6.45) is 2.39. The van der Waals surface area contributed by atoms with Gasteiger partial charge in [-0.05, 0) is 12.1 Å². The number of aromatic nitrogens is 2. The number of hydrogen-bond donors (Lipinski definition) is 0. The Bertz CT molecular complexity index is 317. The molecule has 0 amide bonds. The Morgan fingerprint density at radius 1 is 1.53 bits per heavy atom. The summed E-state index contributed by atoms with van der Waals surface area (Å²) in [5.41, 5.74) is 0.558. The minimum Gasteiger partial charge on any atom is -0.360 e. The summed E-state index contributed by atoms with van der Waals surface area (Å²) in [5, 5.41) is 3.99. The zero-order chi connectivity index (χ0) is 11.3. The average molecular weight is 226 g/mol. The van der Waals surface area contributed by atoms with Gasteiger partial charge in [0.25, 0.3) is 0 Å². The summed E-state index contributed by atoms with van der Waals surface area (Å²) >= 11 is 0. The SMILES string of the molecule is C[Si](C)(C)CCOCn1nccc1C=O. The largest absolute Gasteiger partial charge is 0.360 e. The summed E-state index contributed by atoms with van der Waals surface area (Å²) in [7, 11) is -1.03. The summed E-state index contributed by atoms with van der Waals surface area (Å²) in [5.74, 6) is 0. The van der Waals surface area contributed by atoms with Crippen LogP contribution in [0.4, 0.5) is 0 Å². The molecule has 0 fully saturated rings. The van der Waals surface area contributed by atoms with E-state index in [2.05, 4.69) is 24.7 Å². The van der Waals surface area contributed by atoms with Gasteiger partial charge >= 0.3 is 0 Å². The second-order valence-corrected chi connectivity index (χ2v) is 10.3. The Morgan fingerprint density at radius 3 is 2.87 bits per heavy atom. The van der Waals surface area contributed by atoms with Crippen molar-refractivity contribution in [1.29, 1.82) is 0 Å². The second kappa shape index (κ2) is 5.23. The van der Waals surface area contributed by atoms with Gasteiger partial charge in [0, 0.05) is 20.9 Å². The van der Waals surface area contributed by atoms with Gasteiger partial charge in [0.1, 0.15) is 12.4 Å². The fourth-order valence-electron chi connectivity index (χ4n) is 1.08. The number of aldehydes is 1. The molecule has 1 heterocycles. The topological polar surface area (TPSA) is 44.1 Å². The van der Waals surface area contributed by atoms with Gasteiger partial charge in [-0.1, -0.05) is 19.6 Å². The molecule has 0 unspecified atom stereocenters. The number of nitrogens with zero attached hydrogens (tertiary/aromatic N) is 2. The van der Waals surface area contributed by atoms with Crippen molar-refractivity contribution in [3.8, 4) is 0 Å².